The standard InChI is InChI=1S/C17H13BrN4O3/c1-11-7-8-19-21(11)14-4-2-3-13(10-14)20-17(23)12-5-6-15(18)16(9-12)22(24)25/h2-10H,1H3,(H,20,23). The van der Waals surface area contributed by atoms with Gasteiger partial charge in [-0.1, -0.05) is 6.07 Å². The number of amides is 1. The van der Waals surface area contributed by atoms with Gasteiger partial charge in [-0.3, -0.25) is 14.9 Å². The Morgan fingerprint density at radius 3 is 2.72 bits per heavy atom. The van der Waals surface area contributed by atoms with Gasteiger partial charge in [-0.2, -0.15) is 5.10 Å². The van der Waals surface area contributed by atoms with E-state index >= 15 is 0 Å². The maximum absolute atomic E-state index is 12.4. The van der Waals surface area contributed by atoms with Gasteiger partial charge in [-0.15, -0.1) is 0 Å². The largest absolute Gasteiger partial charge is 0.322 e. The van der Waals surface area contributed by atoms with Gasteiger partial charge in [0.25, 0.3) is 11.6 Å². The molecule has 0 aliphatic carbocycles. The minimum absolute atomic E-state index is 0.159. The predicted molar refractivity (Wildman–Crippen MR) is 97.1 cm³/mol. The summed E-state index contributed by atoms with van der Waals surface area (Å²) in [4.78, 5) is 22.9. The van der Waals surface area contributed by atoms with Gasteiger partial charge in [0.15, 0.2) is 0 Å². The lowest BCUT2D eigenvalue weighted by Crippen LogP contribution is -2.12. The average molecular weight is 401 g/mol. The molecule has 0 unspecified atom stereocenters. The van der Waals surface area contributed by atoms with Gasteiger partial charge in [0.2, 0.25) is 0 Å². The summed E-state index contributed by atoms with van der Waals surface area (Å²) >= 11 is 3.10. The number of carbonyl (C=O) groups excluding carboxylic acids is 1. The number of nitro benzene ring substituents is 1. The maximum atomic E-state index is 12.4. The van der Waals surface area contributed by atoms with E-state index in [-0.39, 0.29) is 11.3 Å². The van der Waals surface area contributed by atoms with Gasteiger partial charge in [-0.25, -0.2) is 4.68 Å². The van der Waals surface area contributed by atoms with Crippen molar-refractivity contribution in [2.24, 2.45) is 0 Å². The Labute approximate surface area is 151 Å². The van der Waals surface area contributed by atoms with E-state index < -0.39 is 10.8 Å². The van der Waals surface area contributed by atoms with Crippen LogP contribution in [-0.4, -0.2) is 20.6 Å². The highest BCUT2D eigenvalue weighted by atomic mass is 79.9. The van der Waals surface area contributed by atoms with Crippen LogP contribution in [0.5, 0.6) is 0 Å². The zero-order valence-corrected chi connectivity index (χ0v) is 14.7. The first kappa shape index (κ1) is 16.8. The number of halogens is 1. The van der Waals surface area contributed by atoms with Gasteiger partial charge >= 0.3 is 0 Å². The summed E-state index contributed by atoms with van der Waals surface area (Å²) < 4.78 is 2.07. The van der Waals surface area contributed by atoms with E-state index in [1.54, 1.807) is 29.1 Å². The number of aromatic nitrogens is 2. The molecule has 1 amide bonds. The summed E-state index contributed by atoms with van der Waals surface area (Å²) in [5.74, 6) is -0.426. The van der Waals surface area contributed by atoms with Gasteiger partial charge in [0.05, 0.1) is 15.1 Å². The predicted octanol–water partition coefficient (Wildman–Crippen LogP) is 4.10. The second-order valence-corrected chi connectivity index (χ2v) is 6.17. The zero-order valence-electron chi connectivity index (χ0n) is 13.1. The highest BCUT2D eigenvalue weighted by Crippen LogP contribution is 2.26. The molecule has 0 fully saturated rings. The van der Waals surface area contributed by atoms with Crippen LogP contribution in [-0.2, 0) is 0 Å². The molecule has 1 aromatic heterocycles. The molecule has 3 aromatic rings. The number of rotatable bonds is 4. The molecule has 0 atom stereocenters. The smallest absolute Gasteiger partial charge is 0.284 e. The fraction of sp³-hybridized carbons (Fsp3) is 0.0588. The molecule has 7 nitrogen and oxygen atoms in total. The Kier molecular flexibility index (Phi) is 4.62. The van der Waals surface area contributed by atoms with Gasteiger partial charge < -0.3 is 5.32 Å². The van der Waals surface area contributed by atoms with Gasteiger partial charge in [0, 0.05) is 29.2 Å². The minimum atomic E-state index is -0.540. The van der Waals surface area contributed by atoms with Crippen LogP contribution < -0.4 is 5.32 Å². The third kappa shape index (κ3) is 3.58. The first-order valence-electron chi connectivity index (χ1n) is 7.32. The van der Waals surface area contributed by atoms with Crippen molar-refractivity contribution in [2.75, 3.05) is 5.32 Å². The Morgan fingerprint density at radius 1 is 1.24 bits per heavy atom. The first-order chi connectivity index (χ1) is 12.0. The molecular weight excluding hydrogens is 388 g/mol. The monoisotopic (exact) mass is 400 g/mol. The number of hydrogen-bond acceptors (Lipinski definition) is 4. The molecule has 0 saturated heterocycles. The summed E-state index contributed by atoms with van der Waals surface area (Å²) in [6, 6.07) is 13.3. The van der Waals surface area contributed by atoms with Crippen molar-refractivity contribution in [1.29, 1.82) is 0 Å². The second-order valence-electron chi connectivity index (χ2n) is 5.31. The minimum Gasteiger partial charge on any atom is -0.322 e. The molecule has 0 aliphatic heterocycles. The van der Waals surface area contributed by atoms with Crippen molar-refractivity contribution in [3.05, 3.63) is 80.6 Å². The van der Waals surface area contributed by atoms with E-state index in [1.807, 2.05) is 19.1 Å². The zero-order chi connectivity index (χ0) is 18.0. The van der Waals surface area contributed by atoms with Crippen LogP contribution in [0.25, 0.3) is 5.69 Å². The van der Waals surface area contributed by atoms with E-state index in [4.69, 9.17) is 0 Å². The number of aryl methyl sites for hydroxylation is 1. The number of hydrogen-bond donors (Lipinski definition) is 1. The molecule has 3 rings (SSSR count). The van der Waals surface area contributed by atoms with Crippen molar-refractivity contribution in [1.82, 2.24) is 9.78 Å². The number of carbonyl (C=O) groups is 1. The molecule has 0 bridgehead atoms. The van der Waals surface area contributed by atoms with Gasteiger partial charge in [0.1, 0.15) is 0 Å². The van der Waals surface area contributed by atoms with Crippen molar-refractivity contribution >= 4 is 33.2 Å². The van der Waals surface area contributed by atoms with Crippen molar-refractivity contribution in [3.8, 4) is 5.69 Å². The Morgan fingerprint density at radius 2 is 2.04 bits per heavy atom. The normalized spacial score (nSPS) is 10.5. The van der Waals surface area contributed by atoms with Crippen molar-refractivity contribution < 1.29 is 9.72 Å². The summed E-state index contributed by atoms with van der Waals surface area (Å²) in [5.41, 5.74) is 2.39. The van der Waals surface area contributed by atoms with E-state index in [2.05, 4.69) is 26.3 Å². The molecule has 126 valence electrons. The number of nitrogens with one attached hydrogen (secondary N) is 1. The van der Waals surface area contributed by atoms with E-state index in [1.165, 1.54) is 18.2 Å². The fourth-order valence-electron chi connectivity index (χ4n) is 2.35. The fourth-order valence-corrected chi connectivity index (χ4v) is 2.74. The van der Waals surface area contributed by atoms with Crippen LogP contribution in [0.15, 0.2) is 59.2 Å². The van der Waals surface area contributed by atoms with Crippen LogP contribution in [0.4, 0.5) is 11.4 Å². The molecule has 0 spiro atoms. The van der Waals surface area contributed by atoms with Crippen LogP contribution in [0.2, 0.25) is 0 Å². The molecular formula is C17H13BrN4O3. The SMILES string of the molecule is Cc1ccnn1-c1cccc(NC(=O)c2ccc(Br)c([N+](=O)[O-])c2)c1. The summed E-state index contributed by atoms with van der Waals surface area (Å²) in [5, 5.41) is 18.0. The van der Waals surface area contributed by atoms with Crippen molar-refractivity contribution in [3.63, 3.8) is 0 Å². The van der Waals surface area contributed by atoms with E-state index in [0.717, 1.165) is 11.4 Å². The molecule has 8 heteroatoms. The summed E-state index contributed by atoms with van der Waals surface area (Å²) in [6.45, 7) is 1.93. The first-order valence-corrected chi connectivity index (χ1v) is 8.11. The number of benzene rings is 2. The Bertz CT molecular complexity index is 968. The number of anilines is 1. The molecule has 1 N–H and O–H groups in total. The Hall–Kier alpha value is -3.00. The molecule has 0 aliphatic rings. The van der Waals surface area contributed by atoms with Crippen LogP contribution >= 0.6 is 15.9 Å². The lowest BCUT2D eigenvalue weighted by atomic mass is 10.2. The maximum Gasteiger partial charge on any atom is 0.284 e. The van der Waals surface area contributed by atoms with Gasteiger partial charge in [-0.05, 0) is 59.3 Å². The van der Waals surface area contributed by atoms with Crippen LogP contribution in [0.1, 0.15) is 16.1 Å². The van der Waals surface area contributed by atoms with E-state index in [9.17, 15) is 14.9 Å². The third-order valence-corrected chi connectivity index (χ3v) is 4.26. The lowest BCUT2D eigenvalue weighted by Gasteiger charge is -2.09. The Balaban J connectivity index is 1.86. The van der Waals surface area contributed by atoms with E-state index in [0.29, 0.717) is 10.2 Å². The quantitative estimate of drug-likeness (QED) is 0.527. The summed E-state index contributed by atoms with van der Waals surface area (Å²) in [6.07, 6.45) is 1.70. The lowest BCUT2D eigenvalue weighted by molar-refractivity contribution is -0.385. The molecule has 0 radical (unpaired) electrons. The average Bonchev–Trinajstić information content (AvgIpc) is 3.01. The van der Waals surface area contributed by atoms with Crippen molar-refractivity contribution in [2.45, 2.75) is 6.92 Å². The van der Waals surface area contributed by atoms with Crippen LogP contribution in [0.3, 0.4) is 0 Å². The highest BCUT2D eigenvalue weighted by Gasteiger charge is 2.16. The third-order valence-electron chi connectivity index (χ3n) is 3.59. The molecule has 1 heterocycles. The second kappa shape index (κ2) is 6.86. The molecule has 25 heavy (non-hydrogen) atoms. The van der Waals surface area contributed by atoms with Crippen LogP contribution in [0, 0.1) is 17.0 Å². The number of nitro groups is 1. The highest BCUT2D eigenvalue weighted by molar-refractivity contribution is 9.10. The number of nitrogens with zero attached hydrogens (tertiary/aromatic N) is 3. The molecule has 0 saturated carbocycles. The molecule has 2 aromatic carbocycles. The topological polar surface area (TPSA) is 90.1 Å². The summed E-state index contributed by atoms with van der Waals surface area (Å²) in [7, 11) is 0.